The number of hydrogen-bond donors (Lipinski definition) is 1. The molecule has 0 amide bonds. The first-order valence-corrected chi connectivity index (χ1v) is 11.4. The molecule has 3 heterocycles. The van der Waals surface area contributed by atoms with E-state index in [2.05, 4.69) is 20.3 Å². The first-order chi connectivity index (χ1) is 13.9. The minimum absolute atomic E-state index is 0.0546. The average molecular weight is 437 g/mol. The minimum atomic E-state index is -3.29. The SMILES string of the molecule is CCS(=O)(=O)N1CCCC(c2nc3c(nnn3Cc3cccc(Cl)c3)c(=O)[nH]2)C1. The monoisotopic (exact) mass is 436 g/mol. The highest BCUT2D eigenvalue weighted by atomic mass is 35.5. The van der Waals surface area contributed by atoms with E-state index in [4.69, 9.17) is 11.6 Å². The molecule has 29 heavy (non-hydrogen) atoms. The number of H-pyrrole nitrogens is 1. The van der Waals surface area contributed by atoms with Crippen LogP contribution in [-0.4, -0.2) is 56.5 Å². The van der Waals surface area contributed by atoms with Crippen molar-refractivity contribution in [3.05, 3.63) is 51.0 Å². The molecule has 0 aliphatic carbocycles. The number of aromatic amines is 1. The number of fused-ring (bicyclic) bond motifs is 1. The van der Waals surface area contributed by atoms with Crippen LogP contribution >= 0.6 is 11.6 Å². The van der Waals surface area contributed by atoms with Crippen molar-refractivity contribution in [2.45, 2.75) is 32.2 Å². The molecule has 154 valence electrons. The Labute approximate surface area is 172 Å². The summed E-state index contributed by atoms with van der Waals surface area (Å²) in [6.45, 7) is 2.80. The third-order valence-corrected chi connectivity index (χ3v) is 7.23. The van der Waals surface area contributed by atoms with E-state index in [1.165, 1.54) is 4.31 Å². The van der Waals surface area contributed by atoms with Crippen LogP contribution < -0.4 is 5.56 Å². The Morgan fingerprint density at radius 3 is 2.93 bits per heavy atom. The first-order valence-electron chi connectivity index (χ1n) is 9.43. The van der Waals surface area contributed by atoms with Gasteiger partial charge in [-0.05, 0) is 37.5 Å². The van der Waals surface area contributed by atoms with E-state index in [0.29, 0.717) is 42.5 Å². The summed E-state index contributed by atoms with van der Waals surface area (Å²) in [6, 6.07) is 7.35. The fourth-order valence-corrected chi connectivity index (χ4v) is 4.98. The molecular formula is C18H21ClN6O3S. The molecule has 11 heteroatoms. The Balaban J connectivity index is 1.68. The summed E-state index contributed by atoms with van der Waals surface area (Å²) in [5.74, 6) is 0.337. The number of sulfonamides is 1. The number of aromatic nitrogens is 5. The highest BCUT2D eigenvalue weighted by Gasteiger charge is 2.30. The largest absolute Gasteiger partial charge is 0.308 e. The van der Waals surface area contributed by atoms with Crippen LogP contribution in [0.15, 0.2) is 29.1 Å². The number of rotatable bonds is 5. The van der Waals surface area contributed by atoms with E-state index in [0.717, 1.165) is 12.0 Å². The zero-order valence-electron chi connectivity index (χ0n) is 15.9. The molecule has 1 atom stereocenters. The summed E-state index contributed by atoms with van der Waals surface area (Å²) < 4.78 is 27.5. The van der Waals surface area contributed by atoms with Gasteiger partial charge in [-0.25, -0.2) is 22.4 Å². The molecule has 1 fully saturated rings. The lowest BCUT2D eigenvalue weighted by Crippen LogP contribution is -2.40. The molecule has 0 radical (unpaired) electrons. The molecule has 2 aromatic heterocycles. The van der Waals surface area contributed by atoms with Crippen molar-refractivity contribution in [2.75, 3.05) is 18.8 Å². The summed E-state index contributed by atoms with van der Waals surface area (Å²) in [5, 5.41) is 8.64. The van der Waals surface area contributed by atoms with Crippen molar-refractivity contribution in [2.24, 2.45) is 0 Å². The average Bonchev–Trinajstić information content (AvgIpc) is 3.11. The molecule has 0 saturated carbocycles. The second-order valence-corrected chi connectivity index (χ2v) is 9.79. The fraction of sp³-hybridized carbons (Fsp3) is 0.444. The molecule has 3 aromatic rings. The van der Waals surface area contributed by atoms with Gasteiger partial charge in [0.2, 0.25) is 10.0 Å². The van der Waals surface area contributed by atoms with Gasteiger partial charge in [-0.15, -0.1) is 5.10 Å². The summed E-state index contributed by atoms with van der Waals surface area (Å²) >= 11 is 6.05. The normalized spacial score (nSPS) is 18.3. The molecule has 0 bridgehead atoms. The van der Waals surface area contributed by atoms with Crippen molar-refractivity contribution in [3.8, 4) is 0 Å². The molecule has 9 nitrogen and oxygen atoms in total. The lowest BCUT2D eigenvalue weighted by Gasteiger charge is -2.31. The number of halogens is 1. The van der Waals surface area contributed by atoms with Crippen molar-refractivity contribution >= 4 is 32.8 Å². The lowest BCUT2D eigenvalue weighted by atomic mass is 9.99. The van der Waals surface area contributed by atoms with Crippen LogP contribution in [0.25, 0.3) is 11.2 Å². The van der Waals surface area contributed by atoms with Gasteiger partial charge in [0, 0.05) is 24.0 Å². The van der Waals surface area contributed by atoms with Gasteiger partial charge in [0.05, 0.1) is 12.3 Å². The van der Waals surface area contributed by atoms with Crippen LogP contribution in [0.5, 0.6) is 0 Å². The van der Waals surface area contributed by atoms with Gasteiger partial charge >= 0.3 is 0 Å². The Kier molecular flexibility index (Phi) is 5.41. The van der Waals surface area contributed by atoms with Crippen molar-refractivity contribution in [3.63, 3.8) is 0 Å². The minimum Gasteiger partial charge on any atom is -0.308 e. The van der Waals surface area contributed by atoms with Gasteiger partial charge in [0.25, 0.3) is 5.56 Å². The second-order valence-electron chi connectivity index (χ2n) is 7.10. The molecule has 1 unspecified atom stereocenters. The number of benzene rings is 1. The van der Waals surface area contributed by atoms with E-state index < -0.39 is 10.0 Å². The van der Waals surface area contributed by atoms with Crippen LogP contribution in [0.3, 0.4) is 0 Å². The molecule has 1 aromatic carbocycles. The van der Waals surface area contributed by atoms with Gasteiger partial charge in [-0.2, -0.15) is 0 Å². The number of piperidine rings is 1. The molecular weight excluding hydrogens is 416 g/mol. The molecule has 1 N–H and O–H groups in total. The molecule has 4 rings (SSSR count). The predicted octanol–water partition coefficient (Wildman–Crippen LogP) is 1.75. The Hall–Kier alpha value is -2.30. The Morgan fingerprint density at radius 2 is 2.17 bits per heavy atom. The highest BCUT2D eigenvalue weighted by Crippen LogP contribution is 2.26. The second kappa shape index (κ2) is 7.85. The van der Waals surface area contributed by atoms with E-state index >= 15 is 0 Å². The summed E-state index contributed by atoms with van der Waals surface area (Å²) in [6.07, 6.45) is 1.46. The van der Waals surface area contributed by atoms with Crippen LogP contribution in [0.2, 0.25) is 5.02 Å². The summed E-state index contributed by atoms with van der Waals surface area (Å²) in [4.78, 5) is 19.9. The van der Waals surface area contributed by atoms with Crippen molar-refractivity contribution < 1.29 is 8.42 Å². The number of hydrogen-bond acceptors (Lipinski definition) is 6. The Morgan fingerprint density at radius 1 is 1.34 bits per heavy atom. The van der Waals surface area contributed by atoms with Crippen LogP contribution in [-0.2, 0) is 16.6 Å². The zero-order chi connectivity index (χ0) is 20.6. The maximum atomic E-state index is 12.5. The van der Waals surface area contributed by atoms with Crippen LogP contribution in [0.4, 0.5) is 0 Å². The molecule has 0 spiro atoms. The van der Waals surface area contributed by atoms with E-state index in [1.54, 1.807) is 17.7 Å². The Bertz CT molecular complexity index is 1210. The third kappa shape index (κ3) is 4.05. The quantitative estimate of drug-likeness (QED) is 0.651. The number of nitrogens with zero attached hydrogens (tertiary/aromatic N) is 5. The van der Waals surface area contributed by atoms with Gasteiger partial charge in [-0.1, -0.05) is 28.9 Å². The van der Waals surface area contributed by atoms with E-state index in [9.17, 15) is 13.2 Å². The lowest BCUT2D eigenvalue weighted by molar-refractivity contribution is 0.309. The zero-order valence-corrected chi connectivity index (χ0v) is 17.4. The topological polar surface area (TPSA) is 114 Å². The maximum absolute atomic E-state index is 12.5. The van der Waals surface area contributed by atoms with E-state index in [1.807, 2.05) is 18.2 Å². The van der Waals surface area contributed by atoms with Crippen molar-refractivity contribution in [1.82, 2.24) is 29.3 Å². The van der Waals surface area contributed by atoms with Crippen LogP contribution in [0, 0.1) is 0 Å². The fourth-order valence-electron chi connectivity index (χ4n) is 3.59. The van der Waals surface area contributed by atoms with Gasteiger partial charge in [-0.3, -0.25) is 4.79 Å². The summed E-state index contributed by atoms with van der Waals surface area (Å²) in [7, 11) is -3.29. The van der Waals surface area contributed by atoms with Crippen LogP contribution in [0.1, 0.15) is 37.1 Å². The smallest absolute Gasteiger partial charge is 0.281 e. The number of nitrogens with one attached hydrogen (secondary N) is 1. The molecule has 1 aliphatic heterocycles. The van der Waals surface area contributed by atoms with Gasteiger partial charge in [0.1, 0.15) is 5.82 Å². The highest BCUT2D eigenvalue weighted by molar-refractivity contribution is 7.89. The molecule has 1 aliphatic rings. The first kappa shape index (κ1) is 20.0. The van der Waals surface area contributed by atoms with Gasteiger partial charge in [0.15, 0.2) is 11.2 Å². The third-order valence-electron chi connectivity index (χ3n) is 5.14. The van der Waals surface area contributed by atoms with Crippen molar-refractivity contribution in [1.29, 1.82) is 0 Å². The van der Waals surface area contributed by atoms with E-state index in [-0.39, 0.29) is 22.7 Å². The maximum Gasteiger partial charge on any atom is 0.281 e. The summed E-state index contributed by atoms with van der Waals surface area (Å²) in [5.41, 5.74) is 1.06. The predicted molar refractivity (Wildman–Crippen MR) is 110 cm³/mol. The molecule has 1 saturated heterocycles. The van der Waals surface area contributed by atoms with Gasteiger partial charge < -0.3 is 4.98 Å². The standard InChI is InChI=1S/C18H21ClN6O3S/c1-2-29(27,28)24-8-4-6-13(11-24)16-20-17-15(18(26)21-16)22-23-25(17)10-12-5-3-7-14(19)9-12/h3,5,7,9,13H,2,4,6,8,10-11H2,1H3,(H,20,21,26).